The van der Waals surface area contributed by atoms with Gasteiger partial charge in [-0.1, -0.05) is 43.0 Å². The Morgan fingerprint density at radius 3 is 2.85 bits per heavy atom. The van der Waals surface area contributed by atoms with E-state index in [0.29, 0.717) is 11.0 Å². The lowest BCUT2D eigenvalue weighted by atomic mass is 10.1. The number of aromatic nitrogens is 4. The number of nitrogens with one attached hydrogen (secondary N) is 2. The molecule has 4 rings (SSSR count). The van der Waals surface area contributed by atoms with E-state index in [1.807, 2.05) is 30.3 Å². The van der Waals surface area contributed by atoms with Crippen molar-refractivity contribution in [1.82, 2.24) is 20.2 Å². The second-order valence-corrected chi connectivity index (χ2v) is 7.75. The fourth-order valence-corrected chi connectivity index (χ4v) is 3.93. The molecule has 2 N–H and O–H groups in total. The molecule has 4 aromatic rings. The summed E-state index contributed by atoms with van der Waals surface area (Å²) in [7, 11) is 0. The second-order valence-electron chi connectivity index (χ2n) is 5.90. The molecule has 0 aliphatic rings. The number of thioether (sulfide) groups is 1. The molecule has 0 bridgehead atoms. The van der Waals surface area contributed by atoms with Crippen molar-refractivity contribution in [1.29, 1.82) is 0 Å². The van der Waals surface area contributed by atoms with Crippen molar-refractivity contribution < 1.29 is 4.79 Å². The molecular weight excluding hydrogens is 378 g/mol. The molecule has 2 aromatic heterocycles. The van der Waals surface area contributed by atoms with Crippen LogP contribution in [0.2, 0.25) is 0 Å². The van der Waals surface area contributed by atoms with Crippen molar-refractivity contribution >= 4 is 44.9 Å². The van der Waals surface area contributed by atoms with Crippen LogP contribution in [0.15, 0.2) is 53.1 Å². The molecule has 0 unspecified atom stereocenters. The quantitative estimate of drug-likeness (QED) is 0.474. The minimum absolute atomic E-state index is 0.0888. The molecule has 2 heterocycles. The lowest BCUT2D eigenvalue weighted by Gasteiger charge is -2.04. The Labute approximate surface area is 164 Å². The van der Waals surface area contributed by atoms with Gasteiger partial charge in [0, 0.05) is 11.3 Å². The molecule has 6 nitrogen and oxygen atoms in total. The highest BCUT2D eigenvalue weighted by Crippen LogP contribution is 2.23. The van der Waals surface area contributed by atoms with Crippen molar-refractivity contribution in [2.24, 2.45) is 0 Å². The highest BCUT2D eigenvalue weighted by atomic mass is 32.2. The Morgan fingerprint density at radius 1 is 1.19 bits per heavy atom. The number of nitrogens with zero attached hydrogens (tertiary/aromatic N) is 3. The molecular formula is C19H17N5OS2. The number of aromatic amines is 1. The third-order valence-corrected chi connectivity index (χ3v) is 5.71. The average molecular weight is 396 g/mol. The van der Waals surface area contributed by atoms with Gasteiger partial charge in [0.15, 0.2) is 11.0 Å². The fourth-order valence-electron chi connectivity index (χ4n) is 2.60. The number of benzene rings is 2. The minimum Gasteiger partial charge on any atom is -0.325 e. The van der Waals surface area contributed by atoms with E-state index in [0.717, 1.165) is 27.9 Å². The summed E-state index contributed by atoms with van der Waals surface area (Å²) in [4.78, 5) is 19.6. The highest BCUT2D eigenvalue weighted by molar-refractivity contribution is 7.99. The maximum absolute atomic E-state index is 12.2. The van der Waals surface area contributed by atoms with Gasteiger partial charge in [-0.15, -0.1) is 21.5 Å². The van der Waals surface area contributed by atoms with Crippen molar-refractivity contribution in [3.05, 3.63) is 53.5 Å². The predicted molar refractivity (Wildman–Crippen MR) is 110 cm³/mol. The lowest BCUT2D eigenvalue weighted by Crippen LogP contribution is -2.14. The van der Waals surface area contributed by atoms with Gasteiger partial charge in [-0.05, 0) is 30.2 Å². The molecule has 0 radical (unpaired) electrons. The fraction of sp³-hybridized carbons (Fsp3) is 0.158. The lowest BCUT2D eigenvalue weighted by molar-refractivity contribution is -0.113. The molecule has 0 spiro atoms. The first kappa shape index (κ1) is 17.7. The molecule has 2 aromatic carbocycles. The maximum atomic E-state index is 12.2. The summed E-state index contributed by atoms with van der Waals surface area (Å²) in [6, 6.07) is 13.9. The van der Waals surface area contributed by atoms with Crippen LogP contribution in [0.3, 0.4) is 0 Å². The van der Waals surface area contributed by atoms with Gasteiger partial charge < -0.3 is 10.3 Å². The Bertz CT molecular complexity index is 1070. The number of amides is 1. The summed E-state index contributed by atoms with van der Waals surface area (Å²) in [6.45, 7) is 2.12. The topological polar surface area (TPSA) is 83.6 Å². The summed E-state index contributed by atoms with van der Waals surface area (Å²) in [5.41, 5.74) is 5.76. The summed E-state index contributed by atoms with van der Waals surface area (Å²) >= 11 is 2.88. The van der Waals surface area contributed by atoms with Crippen LogP contribution in [0.5, 0.6) is 0 Å². The van der Waals surface area contributed by atoms with E-state index in [2.05, 4.69) is 44.5 Å². The van der Waals surface area contributed by atoms with Crippen LogP contribution >= 0.6 is 23.1 Å². The monoisotopic (exact) mass is 395 g/mol. The number of hydrogen-bond donors (Lipinski definition) is 2. The van der Waals surface area contributed by atoms with Crippen LogP contribution in [-0.2, 0) is 11.2 Å². The van der Waals surface area contributed by atoms with E-state index in [4.69, 9.17) is 0 Å². The van der Waals surface area contributed by atoms with Gasteiger partial charge >= 0.3 is 0 Å². The van der Waals surface area contributed by atoms with Gasteiger partial charge in [-0.3, -0.25) is 4.79 Å². The van der Waals surface area contributed by atoms with E-state index in [-0.39, 0.29) is 11.7 Å². The third kappa shape index (κ3) is 4.17. The SMILES string of the molecule is CCc1ccc(-c2nnc(SCC(=O)Nc3ccc4ncsc4c3)[nH]2)cc1. The van der Waals surface area contributed by atoms with Crippen LogP contribution in [-0.4, -0.2) is 31.8 Å². The van der Waals surface area contributed by atoms with Gasteiger partial charge in [0.25, 0.3) is 0 Å². The standard InChI is InChI=1S/C19H17N5OS2/c1-2-12-3-5-13(6-4-12)18-22-19(24-23-18)26-10-17(25)21-14-7-8-15-16(9-14)27-11-20-15/h3-9,11H,2,10H2,1H3,(H,21,25)(H,22,23,24). The molecule has 1 amide bonds. The van der Waals surface area contributed by atoms with Crippen molar-refractivity contribution in [3.63, 3.8) is 0 Å². The summed E-state index contributed by atoms with van der Waals surface area (Å²) < 4.78 is 1.05. The first-order chi connectivity index (χ1) is 13.2. The zero-order chi connectivity index (χ0) is 18.6. The number of fused-ring (bicyclic) bond motifs is 1. The van der Waals surface area contributed by atoms with E-state index in [9.17, 15) is 4.79 Å². The second kappa shape index (κ2) is 7.89. The molecule has 0 saturated carbocycles. The maximum Gasteiger partial charge on any atom is 0.234 e. The number of anilines is 1. The van der Waals surface area contributed by atoms with Crippen molar-refractivity contribution in [2.45, 2.75) is 18.5 Å². The zero-order valence-electron chi connectivity index (χ0n) is 14.6. The van der Waals surface area contributed by atoms with Gasteiger partial charge in [0.2, 0.25) is 5.91 Å². The van der Waals surface area contributed by atoms with Crippen LogP contribution < -0.4 is 5.32 Å². The van der Waals surface area contributed by atoms with Gasteiger partial charge in [0.1, 0.15) is 0 Å². The van der Waals surface area contributed by atoms with Crippen LogP contribution in [0, 0.1) is 0 Å². The Morgan fingerprint density at radius 2 is 2.04 bits per heavy atom. The Kier molecular flexibility index (Phi) is 5.17. The van der Waals surface area contributed by atoms with E-state index < -0.39 is 0 Å². The predicted octanol–water partition coefficient (Wildman–Crippen LogP) is 4.37. The first-order valence-corrected chi connectivity index (χ1v) is 10.4. The molecule has 27 heavy (non-hydrogen) atoms. The summed E-state index contributed by atoms with van der Waals surface area (Å²) in [5, 5.41) is 11.8. The molecule has 8 heteroatoms. The Balaban J connectivity index is 1.35. The molecule has 0 atom stereocenters. The zero-order valence-corrected chi connectivity index (χ0v) is 16.2. The smallest absolute Gasteiger partial charge is 0.234 e. The molecule has 0 aliphatic carbocycles. The number of H-pyrrole nitrogens is 1. The van der Waals surface area contributed by atoms with Gasteiger partial charge in [0.05, 0.1) is 21.5 Å². The number of hydrogen-bond acceptors (Lipinski definition) is 6. The summed E-state index contributed by atoms with van der Waals surface area (Å²) in [5.74, 6) is 0.870. The highest BCUT2D eigenvalue weighted by Gasteiger charge is 2.09. The molecule has 0 aliphatic heterocycles. The van der Waals surface area contributed by atoms with Crippen LogP contribution in [0.1, 0.15) is 12.5 Å². The van der Waals surface area contributed by atoms with Crippen molar-refractivity contribution in [2.75, 3.05) is 11.1 Å². The van der Waals surface area contributed by atoms with Gasteiger partial charge in [-0.25, -0.2) is 4.98 Å². The van der Waals surface area contributed by atoms with Crippen molar-refractivity contribution in [3.8, 4) is 11.4 Å². The normalized spacial score (nSPS) is 11.0. The Hall–Kier alpha value is -2.71. The number of rotatable bonds is 6. The number of thiazole rings is 1. The summed E-state index contributed by atoms with van der Waals surface area (Å²) in [6.07, 6.45) is 1.00. The minimum atomic E-state index is -0.0888. The van der Waals surface area contributed by atoms with Crippen LogP contribution in [0.25, 0.3) is 21.6 Å². The first-order valence-electron chi connectivity index (χ1n) is 8.49. The molecule has 0 saturated heterocycles. The van der Waals surface area contributed by atoms with E-state index >= 15 is 0 Å². The largest absolute Gasteiger partial charge is 0.325 e. The third-order valence-electron chi connectivity index (χ3n) is 4.06. The van der Waals surface area contributed by atoms with Gasteiger partial charge in [-0.2, -0.15) is 0 Å². The van der Waals surface area contributed by atoms with E-state index in [1.165, 1.54) is 17.3 Å². The number of carbonyl (C=O) groups is 1. The molecule has 136 valence electrons. The number of carbonyl (C=O) groups excluding carboxylic acids is 1. The van der Waals surface area contributed by atoms with E-state index in [1.54, 1.807) is 16.8 Å². The number of aryl methyl sites for hydroxylation is 1. The van der Waals surface area contributed by atoms with Crippen LogP contribution in [0.4, 0.5) is 5.69 Å². The average Bonchev–Trinajstić information content (AvgIpc) is 3.35. The molecule has 0 fully saturated rings.